The van der Waals surface area contributed by atoms with Crippen LogP contribution in [0.5, 0.6) is 0 Å². The summed E-state index contributed by atoms with van der Waals surface area (Å²) in [6, 6.07) is 77.6. The number of rotatable bonds is 6. The van der Waals surface area contributed by atoms with Crippen LogP contribution in [0.25, 0.3) is 129 Å². The Kier molecular flexibility index (Phi) is 8.06. The molecule has 2 N–H and O–H groups in total. The van der Waals surface area contributed by atoms with Gasteiger partial charge in [0.05, 0.1) is 0 Å². The molecule has 0 unspecified atom stereocenters. The quantitative estimate of drug-likeness (QED) is 0.163. The lowest BCUT2D eigenvalue weighted by atomic mass is 9.68. The van der Waals surface area contributed by atoms with Crippen molar-refractivity contribution in [2.24, 2.45) is 0 Å². The highest BCUT2D eigenvalue weighted by atomic mass is 16.8. The maximum atomic E-state index is 15.3. The Morgan fingerprint density at radius 2 is 0.453 bits per heavy atom. The van der Waals surface area contributed by atoms with Gasteiger partial charge in [-0.15, -0.1) is 0 Å². The third kappa shape index (κ3) is 5.39. The summed E-state index contributed by atoms with van der Waals surface area (Å²) in [6.07, 6.45) is -2.43. The molecular formula is C71H46O4. The topological polar surface area (TPSA) is 58.9 Å². The van der Waals surface area contributed by atoms with Crippen molar-refractivity contribution in [3.8, 4) is 0 Å². The molecular weight excluding hydrogens is 917 g/mol. The van der Waals surface area contributed by atoms with Crippen LogP contribution in [0, 0.1) is 0 Å². The number of hydrogen-bond donors (Lipinski definition) is 2. The first-order valence-electron chi connectivity index (χ1n) is 26.1. The fourth-order valence-corrected chi connectivity index (χ4v) is 14.5. The Hall–Kier alpha value is -8.48. The minimum Gasteiger partial charge on any atom is -0.377 e. The molecule has 17 rings (SSSR count). The highest BCUT2D eigenvalue weighted by Crippen LogP contribution is 2.56. The molecule has 0 radical (unpaired) electrons. The summed E-state index contributed by atoms with van der Waals surface area (Å²) in [6.45, 7) is 3.84. The Morgan fingerprint density at radius 3 is 0.680 bits per heavy atom. The summed E-state index contributed by atoms with van der Waals surface area (Å²) in [7, 11) is 0. The van der Waals surface area contributed by atoms with Gasteiger partial charge in [-0.3, -0.25) is 0 Å². The zero-order valence-electron chi connectivity index (χ0n) is 41.2. The molecule has 75 heavy (non-hydrogen) atoms. The average molecular weight is 963 g/mol. The van der Waals surface area contributed by atoms with Gasteiger partial charge in [0.15, 0.2) is 5.79 Å². The molecule has 1 fully saturated rings. The third-order valence-corrected chi connectivity index (χ3v) is 17.7. The van der Waals surface area contributed by atoms with Crippen LogP contribution < -0.4 is 0 Å². The number of hydrogen-bond acceptors (Lipinski definition) is 4. The smallest absolute Gasteiger partial charge is 0.164 e. The highest BCUT2D eigenvalue weighted by molar-refractivity contribution is 6.27. The molecule has 16 aromatic carbocycles. The lowest BCUT2D eigenvalue weighted by molar-refractivity contribution is -0.172. The first-order valence-corrected chi connectivity index (χ1v) is 26.1. The SMILES string of the molecule is CC1(C)O[C@@H](C(O)(c2ccc3ccc4cccc5ccc2c3c45)c2ccc3ccc4cccc5ccc2c3c45)[C@H](C(O)(c2ccc3ccc4cccc5ccc2c3c45)c2ccc3ccc4cccc5ccc2c3c45)O1. The summed E-state index contributed by atoms with van der Waals surface area (Å²) in [4.78, 5) is 0. The fraction of sp³-hybridized carbons (Fsp3) is 0.0986. The molecule has 0 amide bonds. The monoisotopic (exact) mass is 962 g/mol. The van der Waals surface area contributed by atoms with Crippen LogP contribution in [-0.4, -0.2) is 28.2 Å². The summed E-state index contributed by atoms with van der Waals surface area (Å²) in [5.41, 5.74) is -1.24. The summed E-state index contributed by atoms with van der Waals surface area (Å²) in [5.74, 6) is -1.29. The molecule has 1 aliphatic heterocycles. The molecule has 4 heteroatoms. The standard InChI is InChI=1S/C71H46O4/c1-69(2)74-67(70(72,55-35-27-47-19-15-39-7-3-11-43-23-31-51(55)63(47)59(39)43)56-36-28-48-20-16-40-8-4-12-44-24-32-52(56)64(48)60(40)44)68(75-69)71(73,57-37-29-49-21-17-41-9-5-13-45-25-33-53(57)65(49)61(41)45)58-38-30-50-22-18-42-10-6-14-46-26-34-54(58)66(50)62(42)46/h3-38,67-68,72-73H,1-2H3/t67-,68-/m1/s1. The van der Waals surface area contributed by atoms with Crippen molar-refractivity contribution in [3.05, 3.63) is 241 Å². The van der Waals surface area contributed by atoms with E-state index in [1.165, 1.54) is 0 Å². The van der Waals surface area contributed by atoms with Crippen LogP contribution in [0.1, 0.15) is 36.1 Å². The normalized spacial score (nSPS) is 16.8. The number of aliphatic hydroxyl groups is 2. The van der Waals surface area contributed by atoms with Gasteiger partial charge in [-0.25, -0.2) is 0 Å². The molecule has 0 bridgehead atoms. The van der Waals surface area contributed by atoms with E-state index in [1.807, 2.05) is 13.8 Å². The predicted octanol–water partition coefficient (Wildman–Crippen LogP) is 17.0. The molecule has 1 heterocycles. The van der Waals surface area contributed by atoms with E-state index in [0.717, 1.165) is 129 Å². The molecule has 0 aromatic heterocycles. The Morgan fingerprint density at radius 1 is 0.267 bits per heavy atom. The molecule has 2 atom stereocenters. The van der Waals surface area contributed by atoms with Gasteiger partial charge >= 0.3 is 0 Å². The lowest BCUT2D eigenvalue weighted by Crippen LogP contribution is -2.55. The van der Waals surface area contributed by atoms with Crippen molar-refractivity contribution in [2.45, 2.75) is 43.0 Å². The third-order valence-electron chi connectivity index (χ3n) is 17.7. The maximum absolute atomic E-state index is 15.3. The largest absolute Gasteiger partial charge is 0.377 e. The fourth-order valence-electron chi connectivity index (χ4n) is 14.5. The highest BCUT2D eigenvalue weighted by Gasteiger charge is 2.62. The van der Waals surface area contributed by atoms with Crippen molar-refractivity contribution in [1.82, 2.24) is 0 Å². The van der Waals surface area contributed by atoms with Gasteiger partial charge in [-0.05, 0) is 165 Å². The van der Waals surface area contributed by atoms with Gasteiger partial charge in [-0.1, -0.05) is 218 Å². The van der Waals surface area contributed by atoms with Crippen molar-refractivity contribution in [2.75, 3.05) is 0 Å². The van der Waals surface area contributed by atoms with Gasteiger partial charge in [0.25, 0.3) is 0 Å². The molecule has 354 valence electrons. The van der Waals surface area contributed by atoms with Gasteiger partial charge in [0, 0.05) is 0 Å². The van der Waals surface area contributed by atoms with E-state index in [-0.39, 0.29) is 0 Å². The van der Waals surface area contributed by atoms with E-state index < -0.39 is 29.2 Å². The number of benzene rings is 16. The van der Waals surface area contributed by atoms with Crippen LogP contribution in [0.15, 0.2) is 218 Å². The van der Waals surface area contributed by atoms with Gasteiger partial charge < -0.3 is 19.7 Å². The second-order valence-corrected chi connectivity index (χ2v) is 21.9. The minimum atomic E-state index is -1.97. The van der Waals surface area contributed by atoms with Crippen LogP contribution in [-0.2, 0) is 20.7 Å². The Bertz CT molecular complexity index is 4370. The molecule has 4 nitrogen and oxygen atoms in total. The molecule has 1 aliphatic rings. The van der Waals surface area contributed by atoms with Crippen molar-refractivity contribution >= 4 is 129 Å². The van der Waals surface area contributed by atoms with E-state index in [4.69, 9.17) is 9.47 Å². The number of ether oxygens (including phenoxy) is 2. The van der Waals surface area contributed by atoms with E-state index in [1.54, 1.807) is 0 Å². The van der Waals surface area contributed by atoms with Crippen molar-refractivity contribution in [1.29, 1.82) is 0 Å². The van der Waals surface area contributed by atoms with Crippen molar-refractivity contribution < 1.29 is 19.7 Å². The predicted molar refractivity (Wildman–Crippen MR) is 310 cm³/mol. The molecule has 0 aliphatic carbocycles. The summed E-state index contributed by atoms with van der Waals surface area (Å²) >= 11 is 0. The minimum absolute atomic E-state index is 0.674. The zero-order valence-corrected chi connectivity index (χ0v) is 41.2. The first-order chi connectivity index (χ1) is 36.7. The van der Waals surface area contributed by atoms with Crippen molar-refractivity contribution in [3.63, 3.8) is 0 Å². The van der Waals surface area contributed by atoms with Crippen LogP contribution >= 0.6 is 0 Å². The van der Waals surface area contributed by atoms with E-state index >= 15 is 10.2 Å². The summed E-state index contributed by atoms with van der Waals surface area (Å²) in [5, 5.41) is 56.5. The second-order valence-electron chi connectivity index (χ2n) is 21.9. The Labute approximate surface area is 430 Å². The van der Waals surface area contributed by atoms with E-state index in [9.17, 15) is 0 Å². The van der Waals surface area contributed by atoms with Gasteiger partial charge in [0.2, 0.25) is 0 Å². The lowest BCUT2D eigenvalue weighted by Gasteiger charge is -2.44. The van der Waals surface area contributed by atoms with Crippen LogP contribution in [0.3, 0.4) is 0 Å². The van der Waals surface area contributed by atoms with Crippen LogP contribution in [0.4, 0.5) is 0 Å². The first kappa shape index (κ1) is 41.9. The van der Waals surface area contributed by atoms with E-state index in [2.05, 4.69) is 218 Å². The maximum Gasteiger partial charge on any atom is 0.164 e. The molecule has 0 spiro atoms. The van der Waals surface area contributed by atoms with Gasteiger partial charge in [0.1, 0.15) is 23.4 Å². The Balaban J connectivity index is 1.03. The second kappa shape index (κ2) is 14.4. The molecule has 16 aromatic rings. The summed E-state index contributed by atoms with van der Waals surface area (Å²) < 4.78 is 15.0. The average Bonchev–Trinajstić information content (AvgIpc) is 3.91. The van der Waals surface area contributed by atoms with Gasteiger partial charge in [-0.2, -0.15) is 0 Å². The van der Waals surface area contributed by atoms with E-state index in [0.29, 0.717) is 22.3 Å². The molecule has 0 saturated carbocycles. The zero-order chi connectivity index (χ0) is 49.7. The molecule has 1 saturated heterocycles. The van der Waals surface area contributed by atoms with Crippen LogP contribution in [0.2, 0.25) is 0 Å².